The van der Waals surface area contributed by atoms with E-state index in [9.17, 15) is 4.79 Å². The van der Waals surface area contributed by atoms with Crippen LogP contribution in [0.4, 0.5) is 0 Å². The number of aromatic nitrogens is 4. The molecule has 0 bridgehead atoms. The van der Waals surface area contributed by atoms with E-state index in [4.69, 9.17) is 4.42 Å². The lowest BCUT2D eigenvalue weighted by atomic mass is 9.98. The van der Waals surface area contributed by atoms with Crippen molar-refractivity contribution < 1.29 is 4.42 Å². The molecule has 1 unspecified atom stereocenters. The number of fused-ring (bicyclic) bond motifs is 1. The number of benzene rings is 2. The third kappa shape index (κ3) is 3.99. The van der Waals surface area contributed by atoms with Crippen LogP contribution in [0.2, 0.25) is 0 Å². The second kappa shape index (κ2) is 7.98. The number of hydrogen-bond acceptors (Lipinski definition) is 6. The average molecular weight is 392 g/mol. The minimum atomic E-state index is -0.132. The Labute approximate surface area is 166 Å². The zero-order chi connectivity index (χ0) is 19.5. The molecular weight excluding hydrogens is 372 g/mol. The van der Waals surface area contributed by atoms with E-state index in [1.807, 2.05) is 37.3 Å². The van der Waals surface area contributed by atoms with Gasteiger partial charge < -0.3 is 9.40 Å². The number of thioether (sulfide) groups is 1. The molecule has 0 saturated carbocycles. The van der Waals surface area contributed by atoms with Crippen molar-refractivity contribution in [1.29, 1.82) is 0 Å². The molecule has 4 aromatic rings. The molecule has 2 aromatic heterocycles. The Balaban J connectivity index is 1.44. The quantitative estimate of drug-likeness (QED) is 0.494. The highest BCUT2D eigenvalue weighted by Crippen LogP contribution is 2.24. The number of H-pyrrole nitrogens is 1. The van der Waals surface area contributed by atoms with Crippen molar-refractivity contribution in [3.05, 3.63) is 81.7 Å². The molecule has 2 aromatic carbocycles. The van der Waals surface area contributed by atoms with Gasteiger partial charge in [-0.05, 0) is 30.0 Å². The van der Waals surface area contributed by atoms with E-state index in [-0.39, 0.29) is 5.56 Å². The minimum absolute atomic E-state index is 0.132. The van der Waals surface area contributed by atoms with Crippen molar-refractivity contribution in [2.75, 3.05) is 0 Å². The van der Waals surface area contributed by atoms with Crippen LogP contribution >= 0.6 is 11.8 Å². The van der Waals surface area contributed by atoms with Gasteiger partial charge in [0.1, 0.15) is 5.82 Å². The second-order valence-corrected chi connectivity index (χ2v) is 7.68. The molecule has 0 fully saturated rings. The van der Waals surface area contributed by atoms with E-state index in [1.54, 1.807) is 6.07 Å². The molecule has 0 aliphatic heterocycles. The van der Waals surface area contributed by atoms with Crippen molar-refractivity contribution in [3.8, 4) is 0 Å². The van der Waals surface area contributed by atoms with Crippen LogP contribution in [0.15, 0.2) is 63.0 Å². The Morgan fingerprint density at radius 2 is 1.93 bits per heavy atom. The summed E-state index contributed by atoms with van der Waals surface area (Å²) in [6, 6.07) is 15.8. The highest BCUT2D eigenvalue weighted by Gasteiger charge is 2.13. The van der Waals surface area contributed by atoms with Crippen LogP contribution in [0.5, 0.6) is 0 Å². The monoisotopic (exact) mass is 392 g/mol. The van der Waals surface area contributed by atoms with Gasteiger partial charge in [-0.1, -0.05) is 61.2 Å². The highest BCUT2D eigenvalue weighted by molar-refractivity contribution is 7.98. The second-order valence-electron chi connectivity index (χ2n) is 6.75. The van der Waals surface area contributed by atoms with E-state index in [1.165, 1.54) is 17.3 Å². The number of para-hydroxylation sites is 1. The van der Waals surface area contributed by atoms with Crippen LogP contribution in [0.1, 0.15) is 35.7 Å². The van der Waals surface area contributed by atoms with Crippen molar-refractivity contribution in [2.45, 2.75) is 37.2 Å². The van der Waals surface area contributed by atoms with E-state index >= 15 is 0 Å². The maximum atomic E-state index is 12.3. The minimum Gasteiger partial charge on any atom is -0.416 e. The zero-order valence-corrected chi connectivity index (χ0v) is 16.5. The Morgan fingerprint density at radius 3 is 2.75 bits per heavy atom. The number of hydrogen-bond donors (Lipinski definition) is 1. The number of aromatic amines is 1. The summed E-state index contributed by atoms with van der Waals surface area (Å²) in [5.74, 6) is 1.94. The molecule has 0 saturated heterocycles. The molecule has 1 atom stereocenters. The Morgan fingerprint density at radius 1 is 1.11 bits per heavy atom. The maximum Gasteiger partial charge on any atom is 0.277 e. The molecule has 0 radical (unpaired) electrons. The Hall–Kier alpha value is -2.93. The van der Waals surface area contributed by atoms with E-state index in [2.05, 4.69) is 39.2 Å². The molecule has 6 nitrogen and oxygen atoms in total. The van der Waals surface area contributed by atoms with Gasteiger partial charge in [-0.25, -0.2) is 4.98 Å². The van der Waals surface area contributed by atoms with Crippen LogP contribution in [0.25, 0.3) is 10.9 Å². The number of rotatable bonds is 6. The summed E-state index contributed by atoms with van der Waals surface area (Å²) in [6.45, 7) is 4.09. The first-order valence-corrected chi connectivity index (χ1v) is 10.1. The summed E-state index contributed by atoms with van der Waals surface area (Å²) in [7, 11) is 0. The lowest BCUT2D eigenvalue weighted by molar-refractivity contribution is 0.404. The van der Waals surface area contributed by atoms with Gasteiger partial charge in [0, 0.05) is 6.42 Å². The third-order valence-electron chi connectivity index (χ3n) is 4.62. The van der Waals surface area contributed by atoms with E-state index in [0.29, 0.717) is 40.4 Å². The molecule has 28 heavy (non-hydrogen) atoms. The summed E-state index contributed by atoms with van der Waals surface area (Å²) < 4.78 is 5.76. The van der Waals surface area contributed by atoms with Crippen LogP contribution in [-0.4, -0.2) is 20.2 Å². The first-order valence-electron chi connectivity index (χ1n) is 9.09. The smallest absolute Gasteiger partial charge is 0.277 e. The average Bonchev–Trinajstić information content (AvgIpc) is 3.15. The summed E-state index contributed by atoms with van der Waals surface area (Å²) in [4.78, 5) is 19.7. The van der Waals surface area contributed by atoms with Crippen molar-refractivity contribution in [3.63, 3.8) is 0 Å². The molecule has 4 rings (SSSR count). The SMILES string of the molecule is Cc1cccc2c(=O)[nH]c(CSc3nnc(CC(C)c4ccccc4)o3)nc12. The summed E-state index contributed by atoms with van der Waals surface area (Å²) in [6.07, 6.45) is 0.682. The largest absolute Gasteiger partial charge is 0.416 e. The third-order valence-corrected chi connectivity index (χ3v) is 5.45. The van der Waals surface area contributed by atoms with Gasteiger partial charge >= 0.3 is 0 Å². The molecule has 0 aliphatic carbocycles. The van der Waals surface area contributed by atoms with Crippen molar-refractivity contribution in [1.82, 2.24) is 20.2 Å². The van der Waals surface area contributed by atoms with Gasteiger partial charge in [-0.15, -0.1) is 10.2 Å². The van der Waals surface area contributed by atoms with Crippen LogP contribution < -0.4 is 5.56 Å². The number of aryl methyl sites for hydroxylation is 1. The van der Waals surface area contributed by atoms with Gasteiger partial charge in [-0.2, -0.15) is 0 Å². The lowest BCUT2D eigenvalue weighted by Gasteiger charge is -2.08. The summed E-state index contributed by atoms with van der Waals surface area (Å²) in [5, 5.41) is 9.33. The topological polar surface area (TPSA) is 84.7 Å². The van der Waals surface area contributed by atoms with Gasteiger partial charge in [0.2, 0.25) is 5.89 Å². The zero-order valence-electron chi connectivity index (χ0n) is 15.7. The van der Waals surface area contributed by atoms with Crippen LogP contribution in [0.3, 0.4) is 0 Å². The normalized spacial score (nSPS) is 12.4. The molecule has 1 N–H and O–H groups in total. The first kappa shape index (κ1) is 18.4. The number of nitrogens with one attached hydrogen (secondary N) is 1. The fourth-order valence-electron chi connectivity index (χ4n) is 3.09. The summed E-state index contributed by atoms with van der Waals surface area (Å²) in [5.41, 5.74) is 2.81. The van der Waals surface area contributed by atoms with E-state index in [0.717, 1.165) is 11.1 Å². The molecule has 0 aliphatic rings. The number of nitrogens with zero attached hydrogens (tertiary/aromatic N) is 3. The van der Waals surface area contributed by atoms with Crippen LogP contribution in [-0.2, 0) is 12.2 Å². The molecular formula is C21H20N4O2S. The molecule has 0 amide bonds. The van der Waals surface area contributed by atoms with Crippen molar-refractivity contribution in [2.24, 2.45) is 0 Å². The standard InChI is InChI=1S/C21H20N4O2S/c1-13-7-6-10-16-19(13)22-17(23-20(16)26)12-28-21-25-24-18(27-21)11-14(2)15-8-4-3-5-9-15/h3-10,14H,11-12H2,1-2H3,(H,22,23,26). The molecule has 142 valence electrons. The molecule has 2 heterocycles. The van der Waals surface area contributed by atoms with Gasteiger partial charge in [0.05, 0.1) is 16.7 Å². The van der Waals surface area contributed by atoms with Gasteiger partial charge in [0.25, 0.3) is 10.8 Å². The molecule has 0 spiro atoms. The van der Waals surface area contributed by atoms with Gasteiger partial charge in [0.15, 0.2) is 0 Å². The Kier molecular flexibility index (Phi) is 5.25. The fraction of sp³-hybridized carbons (Fsp3) is 0.238. The predicted octanol–water partition coefficient (Wildman–Crippen LogP) is 4.25. The maximum absolute atomic E-state index is 12.3. The summed E-state index contributed by atoms with van der Waals surface area (Å²) >= 11 is 1.37. The van der Waals surface area contributed by atoms with Crippen molar-refractivity contribution >= 4 is 22.7 Å². The lowest BCUT2D eigenvalue weighted by Crippen LogP contribution is -2.11. The first-order chi connectivity index (χ1) is 13.6. The van der Waals surface area contributed by atoms with Gasteiger partial charge in [-0.3, -0.25) is 4.79 Å². The predicted molar refractivity (Wildman–Crippen MR) is 110 cm³/mol. The van der Waals surface area contributed by atoms with E-state index < -0.39 is 0 Å². The molecule has 7 heteroatoms. The fourth-order valence-corrected chi connectivity index (χ4v) is 3.74. The highest BCUT2D eigenvalue weighted by atomic mass is 32.2. The van der Waals surface area contributed by atoms with Crippen LogP contribution in [0, 0.1) is 6.92 Å². The Bertz CT molecular complexity index is 1150.